The molecule has 5 nitrogen and oxygen atoms in total. The number of carbonyl (C=O) groups is 1. The second-order valence-corrected chi connectivity index (χ2v) is 4.90. The van der Waals surface area contributed by atoms with Crippen LogP contribution in [0.4, 0.5) is 0 Å². The van der Waals surface area contributed by atoms with Gasteiger partial charge in [-0.15, -0.1) is 12.4 Å². The lowest BCUT2D eigenvalue weighted by Crippen LogP contribution is -2.39. The van der Waals surface area contributed by atoms with E-state index in [1.807, 2.05) is 23.1 Å². The minimum absolute atomic E-state index is 0. The van der Waals surface area contributed by atoms with Gasteiger partial charge in [0.1, 0.15) is 12.4 Å². The maximum Gasteiger partial charge on any atom is 0.254 e. The fourth-order valence-electron chi connectivity index (χ4n) is 2.48. The van der Waals surface area contributed by atoms with Crippen LogP contribution in [-0.4, -0.2) is 50.3 Å². The van der Waals surface area contributed by atoms with Crippen molar-refractivity contribution in [2.75, 3.05) is 33.4 Å². The van der Waals surface area contributed by atoms with E-state index < -0.39 is 0 Å². The van der Waals surface area contributed by atoms with Crippen LogP contribution in [0.5, 0.6) is 5.75 Å². The average molecular weight is 315 g/mol. The topological polar surface area (TPSA) is 64.8 Å². The van der Waals surface area contributed by atoms with Crippen LogP contribution >= 0.6 is 12.4 Å². The number of methoxy groups -OCH3 is 1. The summed E-state index contributed by atoms with van der Waals surface area (Å²) >= 11 is 0. The molecule has 1 unspecified atom stereocenters. The molecular weight excluding hydrogens is 292 g/mol. The molecule has 1 aromatic rings. The van der Waals surface area contributed by atoms with Crippen LogP contribution in [0.1, 0.15) is 23.2 Å². The SMILES string of the molecule is COCCOc1cccc(C(=O)N2CCCC2CN)c1.Cl. The largest absolute Gasteiger partial charge is 0.491 e. The molecule has 0 radical (unpaired) electrons. The molecule has 1 aromatic carbocycles. The summed E-state index contributed by atoms with van der Waals surface area (Å²) in [7, 11) is 1.63. The van der Waals surface area contributed by atoms with E-state index in [1.54, 1.807) is 13.2 Å². The summed E-state index contributed by atoms with van der Waals surface area (Å²) in [4.78, 5) is 14.4. The van der Waals surface area contributed by atoms with Crippen molar-refractivity contribution in [1.29, 1.82) is 0 Å². The lowest BCUT2D eigenvalue weighted by atomic mass is 10.1. The van der Waals surface area contributed by atoms with Crippen LogP contribution in [-0.2, 0) is 4.74 Å². The van der Waals surface area contributed by atoms with Gasteiger partial charge in [0, 0.05) is 31.8 Å². The number of hydrogen-bond acceptors (Lipinski definition) is 4. The van der Waals surface area contributed by atoms with Gasteiger partial charge in [0.15, 0.2) is 0 Å². The fourth-order valence-corrected chi connectivity index (χ4v) is 2.48. The zero-order chi connectivity index (χ0) is 14.4. The lowest BCUT2D eigenvalue weighted by Gasteiger charge is -2.23. The van der Waals surface area contributed by atoms with Gasteiger partial charge in [-0.3, -0.25) is 4.79 Å². The molecule has 1 aliphatic heterocycles. The van der Waals surface area contributed by atoms with Crippen LogP contribution < -0.4 is 10.5 Å². The van der Waals surface area contributed by atoms with Crippen molar-refractivity contribution in [3.63, 3.8) is 0 Å². The number of carbonyl (C=O) groups excluding carboxylic acids is 1. The minimum Gasteiger partial charge on any atom is -0.491 e. The van der Waals surface area contributed by atoms with Gasteiger partial charge in [0.05, 0.1) is 6.61 Å². The van der Waals surface area contributed by atoms with Gasteiger partial charge < -0.3 is 20.1 Å². The summed E-state index contributed by atoms with van der Waals surface area (Å²) in [5, 5.41) is 0. The van der Waals surface area contributed by atoms with Gasteiger partial charge in [-0.1, -0.05) is 6.07 Å². The number of benzene rings is 1. The predicted molar refractivity (Wildman–Crippen MR) is 84.2 cm³/mol. The molecule has 118 valence electrons. The molecule has 0 spiro atoms. The molecule has 1 fully saturated rings. The number of halogens is 1. The summed E-state index contributed by atoms with van der Waals surface area (Å²) < 4.78 is 10.5. The second kappa shape index (κ2) is 8.87. The monoisotopic (exact) mass is 314 g/mol. The molecule has 0 bridgehead atoms. The first-order valence-corrected chi connectivity index (χ1v) is 6.99. The smallest absolute Gasteiger partial charge is 0.254 e. The Bertz CT molecular complexity index is 456. The maximum atomic E-state index is 12.5. The van der Waals surface area contributed by atoms with E-state index in [4.69, 9.17) is 15.2 Å². The van der Waals surface area contributed by atoms with Crippen LogP contribution in [0.25, 0.3) is 0 Å². The van der Waals surface area contributed by atoms with Crippen molar-refractivity contribution >= 4 is 18.3 Å². The maximum absolute atomic E-state index is 12.5. The molecule has 1 saturated heterocycles. The summed E-state index contributed by atoms with van der Waals surface area (Å²) in [5.74, 6) is 0.728. The van der Waals surface area contributed by atoms with E-state index >= 15 is 0 Å². The van der Waals surface area contributed by atoms with E-state index in [9.17, 15) is 4.79 Å². The number of amides is 1. The van der Waals surface area contributed by atoms with Gasteiger partial charge in [-0.05, 0) is 31.0 Å². The van der Waals surface area contributed by atoms with Crippen molar-refractivity contribution in [2.24, 2.45) is 5.73 Å². The molecule has 1 amide bonds. The first kappa shape index (κ1) is 17.8. The van der Waals surface area contributed by atoms with Gasteiger partial charge >= 0.3 is 0 Å². The van der Waals surface area contributed by atoms with Gasteiger partial charge in [-0.2, -0.15) is 0 Å². The molecule has 1 atom stereocenters. The Morgan fingerprint density at radius 2 is 2.24 bits per heavy atom. The molecule has 1 aliphatic rings. The highest BCUT2D eigenvalue weighted by Gasteiger charge is 2.28. The number of nitrogens with two attached hydrogens (primary N) is 1. The standard InChI is InChI=1S/C15H22N2O3.ClH/c1-19-8-9-20-14-6-2-4-12(10-14)15(18)17-7-3-5-13(17)11-16;/h2,4,6,10,13H,3,5,7-9,11,16H2,1H3;1H. The van der Waals surface area contributed by atoms with Gasteiger partial charge in [-0.25, -0.2) is 0 Å². The molecule has 6 heteroatoms. The first-order chi connectivity index (χ1) is 9.76. The Hall–Kier alpha value is -1.30. The minimum atomic E-state index is 0. The zero-order valence-corrected chi connectivity index (χ0v) is 13.1. The second-order valence-electron chi connectivity index (χ2n) is 4.90. The number of ether oxygens (including phenoxy) is 2. The Balaban J connectivity index is 0.00000220. The van der Waals surface area contributed by atoms with Crippen LogP contribution in [0.2, 0.25) is 0 Å². The third kappa shape index (κ3) is 4.59. The van der Waals surface area contributed by atoms with E-state index in [0.29, 0.717) is 31.1 Å². The highest BCUT2D eigenvalue weighted by Crippen LogP contribution is 2.21. The van der Waals surface area contributed by atoms with E-state index in [-0.39, 0.29) is 24.4 Å². The molecule has 0 aromatic heterocycles. The quantitative estimate of drug-likeness (QED) is 0.812. The van der Waals surface area contributed by atoms with E-state index in [0.717, 1.165) is 19.4 Å². The van der Waals surface area contributed by atoms with Crippen molar-refractivity contribution in [2.45, 2.75) is 18.9 Å². The Kier molecular flexibility index (Phi) is 7.50. The summed E-state index contributed by atoms with van der Waals surface area (Å²) in [6, 6.07) is 7.45. The number of nitrogens with zero attached hydrogens (tertiary/aromatic N) is 1. The first-order valence-electron chi connectivity index (χ1n) is 6.99. The predicted octanol–water partition coefficient (Wildman–Crippen LogP) is 1.70. The summed E-state index contributed by atoms with van der Waals surface area (Å²) in [5.41, 5.74) is 6.37. The molecule has 2 N–H and O–H groups in total. The number of hydrogen-bond donors (Lipinski definition) is 1. The van der Waals surface area contributed by atoms with E-state index in [1.165, 1.54) is 0 Å². The van der Waals surface area contributed by atoms with Crippen LogP contribution in [0.15, 0.2) is 24.3 Å². The molecule has 21 heavy (non-hydrogen) atoms. The fraction of sp³-hybridized carbons (Fsp3) is 0.533. The highest BCUT2D eigenvalue weighted by atomic mass is 35.5. The van der Waals surface area contributed by atoms with Gasteiger partial charge in [0.25, 0.3) is 5.91 Å². The third-order valence-corrected chi connectivity index (χ3v) is 3.55. The number of likely N-dealkylation sites (tertiary alicyclic amines) is 1. The molecule has 1 heterocycles. The van der Waals surface area contributed by atoms with Crippen LogP contribution in [0, 0.1) is 0 Å². The van der Waals surface area contributed by atoms with Gasteiger partial charge in [0.2, 0.25) is 0 Å². The summed E-state index contributed by atoms with van der Waals surface area (Å²) in [6.45, 7) is 2.31. The Labute approximate surface area is 131 Å². The normalized spacial score (nSPS) is 17.4. The Morgan fingerprint density at radius 3 is 2.95 bits per heavy atom. The summed E-state index contributed by atoms with van der Waals surface area (Å²) in [6.07, 6.45) is 2.02. The average Bonchev–Trinajstić information content (AvgIpc) is 2.95. The lowest BCUT2D eigenvalue weighted by molar-refractivity contribution is 0.0740. The Morgan fingerprint density at radius 1 is 1.43 bits per heavy atom. The molecule has 0 aliphatic carbocycles. The molecule has 2 rings (SSSR count). The highest BCUT2D eigenvalue weighted by molar-refractivity contribution is 5.95. The van der Waals surface area contributed by atoms with Crippen molar-refractivity contribution in [3.05, 3.63) is 29.8 Å². The molecular formula is C15H23ClN2O3. The zero-order valence-electron chi connectivity index (χ0n) is 12.3. The van der Waals surface area contributed by atoms with Crippen LogP contribution in [0.3, 0.4) is 0 Å². The van der Waals surface area contributed by atoms with Crippen molar-refractivity contribution in [1.82, 2.24) is 4.90 Å². The van der Waals surface area contributed by atoms with Crippen molar-refractivity contribution < 1.29 is 14.3 Å². The van der Waals surface area contributed by atoms with Crippen molar-refractivity contribution in [3.8, 4) is 5.75 Å². The number of rotatable bonds is 6. The third-order valence-electron chi connectivity index (χ3n) is 3.55. The van der Waals surface area contributed by atoms with E-state index in [2.05, 4.69) is 0 Å². The molecule has 0 saturated carbocycles.